The Bertz CT molecular complexity index is 242. The number of allylic oxidation sites excluding steroid dienone is 1. The molecule has 0 aromatic carbocycles. The Morgan fingerprint density at radius 1 is 0.700 bits per heavy atom. The van der Waals surface area contributed by atoms with Crippen molar-refractivity contribution in [2.75, 3.05) is 0 Å². The van der Waals surface area contributed by atoms with Crippen LogP contribution >= 0.6 is 0 Å². The Balaban J connectivity index is 3.06. The molecule has 1 heteroatoms. The van der Waals surface area contributed by atoms with Gasteiger partial charge in [-0.3, -0.25) is 4.79 Å². The molecule has 0 saturated heterocycles. The van der Waals surface area contributed by atoms with Crippen molar-refractivity contribution < 1.29 is 4.79 Å². The predicted octanol–water partition coefficient (Wildman–Crippen LogP) is 6.61. The van der Waals surface area contributed by atoms with Crippen LogP contribution in [0.25, 0.3) is 0 Å². The van der Waals surface area contributed by atoms with Crippen molar-refractivity contribution in [2.24, 2.45) is 0 Å². The zero-order valence-corrected chi connectivity index (χ0v) is 14.0. The molecule has 0 N–H and O–H groups in total. The van der Waals surface area contributed by atoms with Gasteiger partial charge in [0.25, 0.3) is 0 Å². The third-order valence-corrected chi connectivity index (χ3v) is 3.98. The molecule has 0 heterocycles. The van der Waals surface area contributed by atoms with Gasteiger partial charge in [-0.25, -0.2) is 0 Å². The molecule has 0 aromatic rings. The fourth-order valence-electron chi connectivity index (χ4n) is 2.52. The maximum atomic E-state index is 11.3. The highest BCUT2D eigenvalue weighted by Crippen LogP contribution is 2.13. The fraction of sp³-hybridized carbons (Fsp3) is 0.842. The standard InChI is InChI=1S/C19H36O/c1-4-5-6-7-8-9-10-11-12-13-14-15-16-17-19(20)18(2)3/h2,4-17H2,1,3H3. The van der Waals surface area contributed by atoms with Crippen LogP contribution in [0.4, 0.5) is 0 Å². The molecule has 0 aliphatic carbocycles. The van der Waals surface area contributed by atoms with E-state index < -0.39 is 0 Å². The average molecular weight is 280 g/mol. The summed E-state index contributed by atoms with van der Waals surface area (Å²) in [6.45, 7) is 7.77. The van der Waals surface area contributed by atoms with E-state index in [1.165, 1.54) is 77.0 Å². The van der Waals surface area contributed by atoms with E-state index in [1.807, 2.05) is 6.92 Å². The Hall–Kier alpha value is -0.590. The summed E-state index contributed by atoms with van der Waals surface area (Å²) in [7, 11) is 0. The third kappa shape index (κ3) is 13.8. The maximum absolute atomic E-state index is 11.3. The lowest BCUT2D eigenvalue weighted by atomic mass is 10.0. The minimum absolute atomic E-state index is 0.244. The zero-order chi connectivity index (χ0) is 15.1. The summed E-state index contributed by atoms with van der Waals surface area (Å²) in [5.41, 5.74) is 0.712. The van der Waals surface area contributed by atoms with E-state index in [0.29, 0.717) is 12.0 Å². The van der Waals surface area contributed by atoms with Crippen LogP contribution in [0.15, 0.2) is 12.2 Å². The van der Waals surface area contributed by atoms with E-state index >= 15 is 0 Å². The number of ketones is 1. The van der Waals surface area contributed by atoms with Crippen LogP contribution in [0.2, 0.25) is 0 Å². The summed E-state index contributed by atoms with van der Waals surface area (Å²) in [6.07, 6.45) is 18.3. The first kappa shape index (κ1) is 19.4. The maximum Gasteiger partial charge on any atom is 0.157 e. The molecule has 0 atom stereocenters. The zero-order valence-electron chi connectivity index (χ0n) is 14.0. The highest BCUT2D eigenvalue weighted by atomic mass is 16.1. The van der Waals surface area contributed by atoms with Gasteiger partial charge in [-0.2, -0.15) is 0 Å². The van der Waals surface area contributed by atoms with Crippen LogP contribution < -0.4 is 0 Å². The van der Waals surface area contributed by atoms with Gasteiger partial charge < -0.3 is 0 Å². The second-order valence-electron chi connectivity index (χ2n) is 6.20. The van der Waals surface area contributed by atoms with E-state index in [0.717, 1.165) is 6.42 Å². The summed E-state index contributed by atoms with van der Waals surface area (Å²) < 4.78 is 0. The molecular weight excluding hydrogens is 244 g/mol. The highest BCUT2D eigenvalue weighted by molar-refractivity contribution is 5.93. The monoisotopic (exact) mass is 280 g/mol. The predicted molar refractivity (Wildman–Crippen MR) is 90.1 cm³/mol. The van der Waals surface area contributed by atoms with Gasteiger partial charge in [-0.05, 0) is 18.9 Å². The van der Waals surface area contributed by atoms with Crippen LogP contribution in [0, 0.1) is 0 Å². The van der Waals surface area contributed by atoms with Crippen molar-refractivity contribution in [1.29, 1.82) is 0 Å². The first-order valence-electron chi connectivity index (χ1n) is 8.87. The number of carbonyl (C=O) groups is 1. The van der Waals surface area contributed by atoms with E-state index in [1.54, 1.807) is 0 Å². The minimum Gasteiger partial charge on any atom is -0.295 e. The fourth-order valence-corrected chi connectivity index (χ4v) is 2.52. The lowest BCUT2D eigenvalue weighted by Crippen LogP contribution is -1.97. The lowest BCUT2D eigenvalue weighted by molar-refractivity contribution is -0.115. The second kappa shape index (κ2) is 14.8. The third-order valence-electron chi connectivity index (χ3n) is 3.98. The Morgan fingerprint density at radius 2 is 1.05 bits per heavy atom. The summed E-state index contributed by atoms with van der Waals surface area (Å²) in [5.74, 6) is 0.244. The van der Waals surface area contributed by atoms with Gasteiger partial charge in [0.1, 0.15) is 0 Å². The topological polar surface area (TPSA) is 17.1 Å². The van der Waals surface area contributed by atoms with E-state index in [9.17, 15) is 4.79 Å². The molecular formula is C19H36O. The number of Topliss-reactive ketones (excluding diaryl/α,β-unsaturated/α-hetero) is 1. The Labute approximate surface area is 127 Å². The van der Waals surface area contributed by atoms with Gasteiger partial charge in [0.15, 0.2) is 5.78 Å². The van der Waals surface area contributed by atoms with Crippen molar-refractivity contribution in [3.63, 3.8) is 0 Å². The molecule has 0 aromatic heterocycles. The largest absolute Gasteiger partial charge is 0.295 e. The summed E-state index contributed by atoms with van der Waals surface area (Å²) in [4.78, 5) is 11.3. The molecule has 118 valence electrons. The second-order valence-corrected chi connectivity index (χ2v) is 6.20. The van der Waals surface area contributed by atoms with Crippen molar-refractivity contribution in [3.05, 3.63) is 12.2 Å². The van der Waals surface area contributed by atoms with Gasteiger partial charge in [0, 0.05) is 6.42 Å². The minimum atomic E-state index is 0.244. The highest BCUT2D eigenvalue weighted by Gasteiger charge is 2.01. The molecule has 0 radical (unpaired) electrons. The number of rotatable bonds is 15. The molecule has 0 bridgehead atoms. The molecule has 1 nitrogen and oxygen atoms in total. The Kier molecular flexibility index (Phi) is 14.4. The quantitative estimate of drug-likeness (QED) is 0.243. The molecule has 0 amide bonds. The summed E-state index contributed by atoms with van der Waals surface area (Å²) >= 11 is 0. The number of hydrogen-bond acceptors (Lipinski definition) is 1. The summed E-state index contributed by atoms with van der Waals surface area (Å²) in [5, 5.41) is 0. The Morgan fingerprint density at radius 3 is 1.40 bits per heavy atom. The van der Waals surface area contributed by atoms with Crippen LogP contribution in [0.1, 0.15) is 104 Å². The van der Waals surface area contributed by atoms with Gasteiger partial charge in [0.05, 0.1) is 0 Å². The number of hydrogen-bond donors (Lipinski definition) is 0. The summed E-state index contributed by atoms with van der Waals surface area (Å²) in [6, 6.07) is 0. The van der Waals surface area contributed by atoms with E-state index in [4.69, 9.17) is 0 Å². The number of carbonyl (C=O) groups excluding carboxylic acids is 1. The van der Waals surface area contributed by atoms with Crippen molar-refractivity contribution in [1.82, 2.24) is 0 Å². The van der Waals surface area contributed by atoms with Crippen LogP contribution in [-0.2, 0) is 4.79 Å². The molecule has 0 unspecified atom stereocenters. The normalized spacial score (nSPS) is 10.7. The smallest absolute Gasteiger partial charge is 0.157 e. The van der Waals surface area contributed by atoms with Gasteiger partial charge in [-0.15, -0.1) is 0 Å². The van der Waals surface area contributed by atoms with Crippen molar-refractivity contribution in [2.45, 2.75) is 104 Å². The lowest BCUT2D eigenvalue weighted by Gasteiger charge is -2.03. The van der Waals surface area contributed by atoms with Crippen LogP contribution in [0.5, 0.6) is 0 Å². The molecule has 0 rings (SSSR count). The van der Waals surface area contributed by atoms with E-state index in [2.05, 4.69) is 13.5 Å². The SMILES string of the molecule is C=C(C)C(=O)CCCCCCCCCCCCCCC. The first-order valence-corrected chi connectivity index (χ1v) is 8.87. The van der Waals surface area contributed by atoms with Gasteiger partial charge in [0.2, 0.25) is 0 Å². The molecule has 0 spiro atoms. The van der Waals surface area contributed by atoms with E-state index in [-0.39, 0.29) is 5.78 Å². The van der Waals surface area contributed by atoms with Gasteiger partial charge >= 0.3 is 0 Å². The molecule has 0 aliphatic rings. The van der Waals surface area contributed by atoms with Crippen LogP contribution in [0.3, 0.4) is 0 Å². The molecule has 20 heavy (non-hydrogen) atoms. The first-order chi connectivity index (χ1) is 9.68. The molecule has 0 saturated carbocycles. The average Bonchev–Trinajstić information content (AvgIpc) is 2.43. The molecule has 0 fully saturated rings. The van der Waals surface area contributed by atoms with Crippen LogP contribution in [-0.4, -0.2) is 5.78 Å². The van der Waals surface area contributed by atoms with Crippen molar-refractivity contribution >= 4 is 5.78 Å². The van der Waals surface area contributed by atoms with Crippen molar-refractivity contribution in [3.8, 4) is 0 Å². The van der Waals surface area contributed by atoms with Gasteiger partial charge in [-0.1, -0.05) is 90.6 Å². The molecule has 0 aliphatic heterocycles. The number of unbranched alkanes of at least 4 members (excludes halogenated alkanes) is 12.